The van der Waals surface area contributed by atoms with Gasteiger partial charge in [-0.3, -0.25) is 4.79 Å². The summed E-state index contributed by atoms with van der Waals surface area (Å²) in [5.41, 5.74) is 0.959. The molecule has 21 heavy (non-hydrogen) atoms. The molecule has 0 amide bonds. The lowest BCUT2D eigenvalue weighted by Gasteiger charge is -2.08. The van der Waals surface area contributed by atoms with Gasteiger partial charge in [0.05, 0.1) is 10.7 Å². The van der Waals surface area contributed by atoms with Crippen molar-refractivity contribution in [3.8, 4) is 11.4 Å². The van der Waals surface area contributed by atoms with Gasteiger partial charge in [-0.15, -0.1) is 0 Å². The number of H-pyrrole nitrogens is 1. The molecule has 4 nitrogen and oxygen atoms in total. The lowest BCUT2D eigenvalue weighted by Crippen LogP contribution is -2.21. The Kier molecular flexibility index (Phi) is 5.09. The highest BCUT2D eigenvalue weighted by molar-refractivity contribution is 6.31. The highest BCUT2D eigenvalue weighted by Gasteiger charge is 2.07. The van der Waals surface area contributed by atoms with Crippen LogP contribution in [0.15, 0.2) is 29.1 Å². The van der Waals surface area contributed by atoms with Gasteiger partial charge in [0.25, 0.3) is 5.56 Å². The second-order valence-electron chi connectivity index (χ2n) is 5.24. The Morgan fingerprint density at radius 1 is 1.38 bits per heavy atom. The number of benzene rings is 1. The zero-order chi connectivity index (χ0) is 15.4. The molecule has 0 atom stereocenters. The standard InChI is InChI=1S/C15H17ClFN3O/c1-9(2)7-18-8-11-6-14(21)20-15(19-11)10-3-4-13(17)12(16)5-10/h3-6,9,18H,7-8H2,1-2H3,(H,19,20,21). The Balaban J connectivity index is 2.25. The Hall–Kier alpha value is -1.72. The Morgan fingerprint density at radius 2 is 2.14 bits per heavy atom. The third-order valence-electron chi connectivity index (χ3n) is 2.85. The molecule has 112 valence electrons. The first-order valence-corrected chi connectivity index (χ1v) is 7.10. The molecular weight excluding hydrogens is 293 g/mol. The molecule has 0 unspecified atom stereocenters. The summed E-state index contributed by atoms with van der Waals surface area (Å²) >= 11 is 5.75. The molecule has 6 heteroatoms. The van der Waals surface area contributed by atoms with Crippen LogP contribution in [-0.4, -0.2) is 16.5 Å². The number of aromatic amines is 1. The van der Waals surface area contributed by atoms with Crippen LogP contribution < -0.4 is 10.9 Å². The van der Waals surface area contributed by atoms with Crippen LogP contribution in [0.2, 0.25) is 5.02 Å². The summed E-state index contributed by atoms with van der Waals surface area (Å²) in [4.78, 5) is 18.7. The molecule has 0 aliphatic carbocycles. The predicted molar refractivity (Wildman–Crippen MR) is 81.8 cm³/mol. The maximum atomic E-state index is 13.2. The quantitative estimate of drug-likeness (QED) is 0.892. The van der Waals surface area contributed by atoms with E-state index in [1.165, 1.54) is 24.3 Å². The molecule has 2 N–H and O–H groups in total. The van der Waals surface area contributed by atoms with Crippen molar-refractivity contribution in [1.82, 2.24) is 15.3 Å². The lowest BCUT2D eigenvalue weighted by molar-refractivity contribution is 0.548. The topological polar surface area (TPSA) is 57.8 Å². The molecule has 0 aliphatic rings. The largest absolute Gasteiger partial charge is 0.311 e. The van der Waals surface area contributed by atoms with E-state index >= 15 is 0 Å². The van der Waals surface area contributed by atoms with E-state index in [1.807, 2.05) is 0 Å². The first kappa shape index (κ1) is 15.7. The third kappa shape index (κ3) is 4.37. The minimum Gasteiger partial charge on any atom is -0.311 e. The van der Waals surface area contributed by atoms with Gasteiger partial charge in [-0.05, 0) is 30.7 Å². The fourth-order valence-electron chi connectivity index (χ4n) is 1.87. The number of aromatic nitrogens is 2. The predicted octanol–water partition coefficient (Wildman–Crippen LogP) is 2.98. The van der Waals surface area contributed by atoms with Gasteiger partial charge in [0, 0.05) is 18.2 Å². The summed E-state index contributed by atoms with van der Waals surface area (Å²) in [6, 6.07) is 5.68. The number of nitrogens with one attached hydrogen (secondary N) is 2. The second-order valence-corrected chi connectivity index (χ2v) is 5.65. The zero-order valence-corrected chi connectivity index (χ0v) is 12.7. The smallest absolute Gasteiger partial charge is 0.251 e. The van der Waals surface area contributed by atoms with E-state index in [0.29, 0.717) is 29.5 Å². The van der Waals surface area contributed by atoms with E-state index < -0.39 is 5.82 Å². The second kappa shape index (κ2) is 6.83. The molecule has 1 aromatic carbocycles. The molecule has 0 fully saturated rings. The van der Waals surface area contributed by atoms with Crippen LogP contribution in [0.3, 0.4) is 0 Å². The molecule has 0 saturated heterocycles. The van der Waals surface area contributed by atoms with Crippen molar-refractivity contribution >= 4 is 11.6 Å². The third-order valence-corrected chi connectivity index (χ3v) is 3.14. The van der Waals surface area contributed by atoms with Crippen molar-refractivity contribution in [2.75, 3.05) is 6.54 Å². The van der Waals surface area contributed by atoms with Crippen LogP contribution in [0.4, 0.5) is 4.39 Å². The summed E-state index contributed by atoms with van der Waals surface area (Å²) in [6.07, 6.45) is 0. The average Bonchev–Trinajstić information content (AvgIpc) is 2.41. The monoisotopic (exact) mass is 309 g/mol. The van der Waals surface area contributed by atoms with Crippen molar-refractivity contribution in [2.24, 2.45) is 5.92 Å². The summed E-state index contributed by atoms with van der Waals surface area (Å²) in [5.74, 6) is 0.394. The number of hydrogen-bond donors (Lipinski definition) is 2. The molecule has 2 aromatic rings. The maximum Gasteiger partial charge on any atom is 0.251 e. The fraction of sp³-hybridized carbons (Fsp3) is 0.333. The van der Waals surface area contributed by atoms with Gasteiger partial charge in [-0.1, -0.05) is 25.4 Å². The van der Waals surface area contributed by atoms with E-state index in [1.54, 1.807) is 0 Å². The van der Waals surface area contributed by atoms with Gasteiger partial charge in [-0.25, -0.2) is 9.37 Å². The van der Waals surface area contributed by atoms with Gasteiger partial charge in [0.15, 0.2) is 0 Å². The van der Waals surface area contributed by atoms with Crippen LogP contribution in [0.25, 0.3) is 11.4 Å². The van der Waals surface area contributed by atoms with Gasteiger partial charge < -0.3 is 10.3 Å². The number of nitrogens with zero attached hydrogens (tertiary/aromatic N) is 1. The SMILES string of the molecule is CC(C)CNCc1cc(=O)[nH]c(-c2ccc(F)c(Cl)c2)n1. The molecule has 0 spiro atoms. The summed E-state index contributed by atoms with van der Waals surface area (Å²) in [6.45, 7) is 5.55. The number of rotatable bonds is 5. The van der Waals surface area contributed by atoms with E-state index in [4.69, 9.17) is 11.6 Å². The van der Waals surface area contributed by atoms with Crippen LogP contribution >= 0.6 is 11.6 Å². The van der Waals surface area contributed by atoms with Gasteiger partial charge in [-0.2, -0.15) is 0 Å². The summed E-state index contributed by atoms with van der Waals surface area (Å²) < 4.78 is 13.2. The average molecular weight is 310 g/mol. The molecular formula is C15H17ClFN3O. The van der Waals surface area contributed by atoms with Crippen LogP contribution in [0.5, 0.6) is 0 Å². The molecule has 0 saturated carbocycles. The normalized spacial score (nSPS) is 11.1. The first-order chi connectivity index (χ1) is 9.95. The maximum absolute atomic E-state index is 13.2. The Morgan fingerprint density at radius 3 is 2.81 bits per heavy atom. The van der Waals surface area contributed by atoms with Crippen molar-refractivity contribution < 1.29 is 4.39 Å². The summed E-state index contributed by atoms with van der Waals surface area (Å²) in [7, 11) is 0. The molecule has 0 radical (unpaired) electrons. The van der Waals surface area contributed by atoms with E-state index in [2.05, 4.69) is 29.1 Å². The van der Waals surface area contributed by atoms with E-state index in [0.717, 1.165) is 6.54 Å². The van der Waals surface area contributed by atoms with Gasteiger partial charge in [0.1, 0.15) is 11.6 Å². The van der Waals surface area contributed by atoms with Crippen LogP contribution in [0.1, 0.15) is 19.5 Å². The lowest BCUT2D eigenvalue weighted by atomic mass is 10.2. The van der Waals surface area contributed by atoms with Crippen molar-refractivity contribution in [1.29, 1.82) is 0 Å². The van der Waals surface area contributed by atoms with Crippen molar-refractivity contribution in [3.63, 3.8) is 0 Å². The van der Waals surface area contributed by atoms with Gasteiger partial charge in [0.2, 0.25) is 0 Å². The number of halogens is 2. The molecule has 2 rings (SSSR count). The van der Waals surface area contributed by atoms with Crippen molar-refractivity contribution in [2.45, 2.75) is 20.4 Å². The fourth-order valence-corrected chi connectivity index (χ4v) is 2.05. The number of hydrogen-bond acceptors (Lipinski definition) is 3. The minimum atomic E-state index is -0.502. The van der Waals surface area contributed by atoms with E-state index in [9.17, 15) is 9.18 Å². The Bertz CT molecular complexity index is 685. The highest BCUT2D eigenvalue weighted by atomic mass is 35.5. The Labute approximate surface area is 127 Å². The first-order valence-electron chi connectivity index (χ1n) is 6.72. The van der Waals surface area contributed by atoms with E-state index in [-0.39, 0.29) is 10.6 Å². The van der Waals surface area contributed by atoms with Crippen LogP contribution in [-0.2, 0) is 6.54 Å². The molecule has 1 heterocycles. The van der Waals surface area contributed by atoms with Gasteiger partial charge >= 0.3 is 0 Å². The molecule has 1 aromatic heterocycles. The molecule has 0 bridgehead atoms. The minimum absolute atomic E-state index is 0.00140. The highest BCUT2D eigenvalue weighted by Crippen LogP contribution is 2.21. The van der Waals surface area contributed by atoms with Crippen LogP contribution in [0, 0.1) is 11.7 Å². The molecule has 0 aliphatic heterocycles. The summed E-state index contributed by atoms with van der Waals surface area (Å²) in [5, 5.41) is 3.22. The zero-order valence-electron chi connectivity index (χ0n) is 11.9. The van der Waals surface area contributed by atoms with Crippen molar-refractivity contribution in [3.05, 3.63) is 51.2 Å².